The molecule has 174 valence electrons. The number of rotatable bonds is 6. The molecule has 0 bridgehead atoms. The monoisotopic (exact) mass is 444 g/mol. The third kappa shape index (κ3) is 4.89. The van der Waals surface area contributed by atoms with Crippen LogP contribution in [0.15, 0.2) is 4.79 Å². The zero-order chi connectivity index (χ0) is 22.9. The zero-order valence-electron chi connectivity index (χ0n) is 17.0. The van der Waals surface area contributed by atoms with Gasteiger partial charge in [0.1, 0.15) is 36.1 Å². The largest absolute Gasteiger partial charge is 0.394 e. The summed E-state index contributed by atoms with van der Waals surface area (Å²) in [5.41, 5.74) is 5.12. The standard InChI is InChI=1S/C17H28N6O8/c1-5(11(26)7-3-19-14-10(21-7)15(29)23-17(18)22-14)30-16-9(20-6(2)25)13(28)12(27)8(4-24)31-16/h5,7-9,11-13,16,21,24,26-28H,3-4H2,1-2H3,(H,20,25)(H4,18,19,22,23,29)/t5-,7?,8?,9?,11-,12?,13?,16?/m0/s1. The lowest BCUT2D eigenvalue weighted by Gasteiger charge is -2.43. The summed E-state index contributed by atoms with van der Waals surface area (Å²) in [6.07, 6.45) is -7.42. The summed E-state index contributed by atoms with van der Waals surface area (Å²) in [6, 6.07) is -1.81. The first-order valence-corrected chi connectivity index (χ1v) is 9.75. The molecule has 0 aromatic carbocycles. The molecule has 1 aromatic heterocycles. The number of nitrogens with two attached hydrogens (primary N) is 1. The molecule has 1 aromatic rings. The van der Waals surface area contributed by atoms with Crippen LogP contribution in [0.2, 0.25) is 0 Å². The summed E-state index contributed by atoms with van der Waals surface area (Å²) >= 11 is 0. The Morgan fingerprint density at radius 1 is 1.42 bits per heavy atom. The highest BCUT2D eigenvalue weighted by Gasteiger charge is 2.46. The van der Waals surface area contributed by atoms with E-state index < -0.39 is 67.0 Å². The summed E-state index contributed by atoms with van der Waals surface area (Å²) in [4.78, 5) is 30.0. The summed E-state index contributed by atoms with van der Waals surface area (Å²) in [7, 11) is 0. The summed E-state index contributed by atoms with van der Waals surface area (Å²) in [6.45, 7) is 2.36. The average molecular weight is 444 g/mol. The minimum atomic E-state index is -1.47. The fourth-order valence-corrected chi connectivity index (χ4v) is 3.61. The molecule has 0 saturated carbocycles. The number of nitrogens with zero attached hydrogens (tertiary/aromatic N) is 1. The second-order valence-electron chi connectivity index (χ2n) is 7.57. The van der Waals surface area contributed by atoms with Gasteiger partial charge < -0.3 is 51.6 Å². The van der Waals surface area contributed by atoms with Crippen LogP contribution in [0.3, 0.4) is 0 Å². The Labute approximate surface area is 176 Å². The fraction of sp³-hybridized carbons (Fsp3) is 0.706. The van der Waals surface area contributed by atoms with E-state index in [4.69, 9.17) is 15.2 Å². The number of hydrogen-bond acceptors (Lipinski definition) is 12. The number of fused-ring (bicyclic) bond motifs is 1. The van der Waals surface area contributed by atoms with Crippen LogP contribution in [0.5, 0.6) is 0 Å². The quantitative estimate of drug-likeness (QED) is 0.206. The predicted molar refractivity (Wildman–Crippen MR) is 107 cm³/mol. The van der Waals surface area contributed by atoms with E-state index in [1.165, 1.54) is 13.8 Å². The Balaban J connectivity index is 1.71. The number of nitrogen functional groups attached to an aromatic ring is 1. The van der Waals surface area contributed by atoms with E-state index in [1.54, 1.807) is 0 Å². The van der Waals surface area contributed by atoms with Crippen molar-refractivity contribution in [3.8, 4) is 0 Å². The van der Waals surface area contributed by atoms with E-state index in [-0.39, 0.29) is 24.0 Å². The van der Waals surface area contributed by atoms with Gasteiger partial charge >= 0.3 is 0 Å². The van der Waals surface area contributed by atoms with Gasteiger partial charge in [0, 0.05) is 13.5 Å². The average Bonchev–Trinajstić information content (AvgIpc) is 2.72. The molecule has 2 aliphatic rings. The van der Waals surface area contributed by atoms with Gasteiger partial charge in [-0.1, -0.05) is 0 Å². The van der Waals surface area contributed by atoms with Gasteiger partial charge in [-0.2, -0.15) is 4.98 Å². The molecular formula is C17H28N6O8. The molecule has 14 heteroatoms. The van der Waals surface area contributed by atoms with Crippen molar-refractivity contribution in [2.24, 2.45) is 0 Å². The van der Waals surface area contributed by atoms with Gasteiger partial charge in [0.2, 0.25) is 11.9 Å². The fourth-order valence-electron chi connectivity index (χ4n) is 3.61. The number of aromatic nitrogens is 2. The highest BCUT2D eigenvalue weighted by Crippen LogP contribution is 2.26. The second-order valence-corrected chi connectivity index (χ2v) is 7.57. The van der Waals surface area contributed by atoms with Gasteiger partial charge in [0.15, 0.2) is 12.1 Å². The molecule has 2 aliphatic heterocycles. The SMILES string of the molecule is CC(=O)NC1C(O[C@@H](C)[C@H](O)C2CNc3nc(N)[nH]c(=O)c3N2)OC(CO)C(O)C1O. The maximum absolute atomic E-state index is 12.1. The molecular weight excluding hydrogens is 416 g/mol. The topological polar surface area (TPSA) is 224 Å². The highest BCUT2D eigenvalue weighted by molar-refractivity contribution is 5.73. The third-order valence-electron chi connectivity index (χ3n) is 5.25. The lowest BCUT2D eigenvalue weighted by atomic mass is 9.96. The number of H-pyrrole nitrogens is 1. The molecule has 31 heavy (non-hydrogen) atoms. The predicted octanol–water partition coefficient (Wildman–Crippen LogP) is -3.73. The zero-order valence-corrected chi connectivity index (χ0v) is 17.0. The maximum atomic E-state index is 12.1. The number of amides is 1. The van der Waals surface area contributed by atoms with Crippen molar-refractivity contribution in [3.05, 3.63) is 10.4 Å². The molecule has 1 amide bonds. The molecule has 0 spiro atoms. The van der Waals surface area contributed by atoms with Crippen LogP contribution in [0.25, 0.3) is 0 Å². The van der Waals surface area contributed by atoms with Gasteiger partial charge in [-0.15, -0.1) is 0 Å². The normalized spacial score (nSPS) is 32.2. The first-order chi connectivity index (χ1) is 14.6. The van der Waals surface area contributed by atoms with Crippen LogP contribution in [0.1, 0.15) is 13.8 Å². The van der Waals surface area contributed by atoms with Gasteiger partial charge in [0.25, 0.3) is 5.56 Å². The van der Waals surface area contributed by atoms with Crippen molar-refractivity contribution < 1.29 is 34.7 Å². The molecule has 8 atom stereocenters. The summed E-state index contributed by atoms with van der Waals surface area (Å²) < 4.78 is 11.3. The number of nitrogens with one attached hydrogen (secondary N) is 4. The Morgan fingerprint density at radius 2 is 2.13 bits per heavy atom. The molecule has 10 N–H and O–H groups in total. The number of carbonyl (C=O) groups excluding carboxylic acids is 1. The summed E-state index contributed by atoms with van der Waals surface area (Å²) in [5.74, 6) is -0.293. The summed E-state index contributed by atoms with van der Waals surface area (Å²) in [5, 5.41) is 48.8. The first-order valence-electron chi connectivity index (χ1n) is 9.75. The molecule has 6 unspecified atom stereocenters. The van der Waals surface area contributed by atoms with Crippen molar-refractivity contribution in [1.29, 1.82) is 0 Å². The van der Waals surface area contributed by atoms with Crippen LogP contribution in [-0.4, -0.2) is 98.3 Å². The smallest absolute Gasteiger partial charge is 0.277 e. The number of aliphatic hydroxyl groups excluding tert-OH is 4. The lowest BCUT2D eigenvalue weighted by molar-refractivity contribution is -0.287. The van der Waals surface area contributed by atoms with Gasteiger partial charge in [-0.25, -0.2) is 0 Å². The Bertz CT molecular complexity index is 852. The van der Waals surface area contributed by atoms with Crippen LogP contribution in [-0.2, 0) is 14.3 Å². The van der Waals surface area contributed by atoms with E-state index in [0.717, 1.165) is 0 Å². The molecule has 3 rings (SSSR count). The van der Waals surface area contributed by atoms with Gasteiger partial charge in [0.05, 0.1) is 18.8 Å². The molecule has 1 saturated heterocycles. The lowest BCUT2D eigenvalue weighted by Crippen LogP contribution is -2.65. The van der Waals surface area contributed by atoms with Crippen LogP contribution in [0.4, 0.5) is 17.5 Å². The number of aromatic amines is 1. The molecule has 14 nitrogen and oxygen atoms in total. The van der Waals surface area contributed by atoms with Crippen molar-refractivity contribution in [2.45, 2.75) is 62.7 Å². The number of anilines is 3. The van der Waals surface area contributed by atoms with Crippen molar-refractivity contribution in [2.75, 3.05) is 29.5 Å². The van der Waals surface area contributed by atoms with Crippen molar-refractivity contribution >= 4 is 23.4 Å². The van der Waals surface area contributed by atoms with Crippen molar-refractivity contribution in [1.82, 2.24) is 15.3 Å². The molecule has 0 radical (unpaired) electrons. The third-order valence-corrected chi connectivity index (χ3v) is 5.25. The van der Waals surface area contributed by atoms with E-state index in [9.17, 15) is 30.0 Å². The first kappa shape index (κ1) is 23.2. The second kappa shape index (κ2) is 9.33. The maximum Gasteiger partial charge on any atom is 0.277 e. The molecule has 3 heterocycles. The van der Waals surface area contributed by atoms with E-state index in [1.807, 2.05) is 0 Å². The highest BCUT2D eigenvalue weighted by atomic mass is 16.7. The van der Waals surface area contributed by atoms with Crippen LogP contribution in [0, 0.1) is 0 Å². The van der Waals surface area contributed by atoms with Crippen LogP contribution < -0.4 is 27.2 Å². The minimum Gasteiger partial charge on any atom is -0.394 e. The Morgan fingerprint density at radius 3 is 2.77 bits per heavy atom. The Hall–Kier alpha value is -2.49. The molecule has 1 fully saturated rings. The minimum absolute atomic E-state index is 0.0496. The number of hydrogen-bond donors (Lipinski definition) is 9. The Kier molecular flexibility index (Phi) is 6.98. The van der Waals surface area contributed by atoms with Crippen LogP contribution >= 0.6 is 0 Å². The van der Waals surface area contributed by atoms with E-state index in [2.05, 4.69) is 25.9 Å². The van der Waals surface area contributed by atoms with Gasteiger partial charge in [-0.3, -0.25) is 14.6 Å². The number of aliphatic hydroxyl groups is 4. The van der Waals surface area contributed by atoms with Gasteiger partial charge in [-0.05, 0) is 6.92 Å². The van der Waals surface area contributed by atoms with E-state index in [0.29, 0.717) is 0 Å². The number of ether oxygens (including phenoxy) is 2. The van der Waals surface area contributed by atoms with E-state index >= 15 is 0 Å². The number of carbonyl (C=O) groups is 1. The van der Waals surface area contributed by atoms with Crippen molar-refractivity contribution in [3.63, 3.8) is 0 Å². The molecule has 0 aliphatic carbocycles.